The maximum Gasteiger partial charge on any atom is 0.109 e. The summed E-state index contributed by atoms with van der Waals surface area (Å²) in [6.45, 7) is 4.24. The van der Waals surface area contributed by atoms with E-state index in [1.165, 1.54) is 21.9 Å². The highest BCUT2D eigenvalue weighted by Gasteiger charge is 2.35. The fourth-order valence-corrected chi connectivity index (χ4v) is 2.10. The van der Waals surface area contributed by atoms with Gasteiger partial charge in [-0.1, -0.05) is 35.9 Å². The Morgan fingerprint density at radius 1 is 1.00 bits per heavy atom. The molecule has 1 heterocycles. The average molecular weight is 198 g/mol. The molecule has 1 heteroatoms. The largest absolute Gasteiger partial charge is 0.365 e. The van der Waals surface area contributed by atoms with Crippen molar-refractivity contribution in [3.63, 3.8) is 0 Å². The molecule has 0 radical (unpaired) electrons. The molecule has 1 aliphatic heterocycles. The van der Waals surface area contributed by atoms with Gasteiger partial charge in [-0.05, 0) is 36.2 Å². The summed E-state index contributed by atoms with van der Waals surface area (Å²) in [6.07, 6.45) is 0.726. The molecule has 0 saturated carbocycles. The first-order chi connectivity index (χ1) is 7.24. The van der Waals surface area contributed by atoms with Gasteiger partial charge in [0.05, 0.1) is 6.10 Å². The molecule has 1 aliphatic rings. The zero-order valence-electron chi connectivity index (χ0n) is 9.03. The van der Waals surface area contributed by atoms with Crippen molar-refractivity contribution >= 4 is 10.8 Å². The fraction of sp³-hybridized carbons (Fsp3) is 0.286. The van der Waals surface area contributed by atoms with Crippen molar-refractivity contribution in [2.75, 3.05) is 0 Å². The lowest BCUT2D eigenvalue weighted by Crippen LogP contribution is -1.84. The number of rotatable bonds is 1. The molecule has 0 bridgehead atoms. The Balaban J connectivity index is 2.10. The molecule has 1 fully saturated rings. The van der Waals surface area contributed by atoms with Crippen LogP contribution in [0.2, 0.25) is 0 Å². The fourth-order valence-electron chi connectivity index (χ4n) is 2.10. The number of fused-ring (bicyclic) bond motifs is 1. The van der Waals surface area contributed by atoms with Gasteiger partial charge in [-0.25, -0.2) is 0 Å². The van der Waals surface area contributed by atoms with Gasteiger partial charge in [0.2, 0.25) is 0 Å². The standard InChI is InChI=1S/C14H14O/c1-9-3-4-12-8-13(14-10(2)15-14)6-5-11(12)7-9/h3-8,10,14H,1-2H3. The number of aryl methyl sites for hydroxylation is 1. The van der Waals surface area contributed by atoms with Crippen molar-refractivity contribution in [3.05, 3.63) is 47.5 Å². The predicted octanol–water partition coefficient (Wildman–Crippen LogP) is 3.61. The summed E-state index contributed by atoms with van der Waals surface area (Å²) in [5, 5.41) is 2.62. The van der Waals surface area contributed by atoms with Crippen LogP contribution in [0, 0.1) is 6.92 Å². The van der Waals surface area contributed by atoms with E-state index in [9.17, 15) is 0 Å². The van der Waals surface area contributed by atoms with Gasteiger partial charge in [-0.15, -0.1) is 0 Å². The minimum atomic E-state index is 0.329. The number of hydrogen-bond donors (Lipinski definition) is 0. The molecule has 3 rings (SSSR count). The SMILES string of the molecule is Cc1ccc2cc(C3OC3C)ccc2c1. The first-order valence-electron chi connectivity index (χ1n) is 5.40. The third-order valence-electron chi connectivity index (χ3n) is 3.06. The third-order valence-corrected chi connectivity index (χ3v) is 3.06. The molecular formula is C14H14O. The van der Waals surface area contributed by atoms with Gasteiger partial charge in [0, 0.05) is 0 Å². The molecule has 0 aromatic heterocycles. The van der Waals surface area contributed by atoms with Gasteiger partial charge in [0.15, 0.2) is 0 Å². The van der Waals surface area contributed by atoms with Crippen molar-refractivity contribution in [2.24, 2.45) is 0 Å². The molecule has 76 valence electrons. The molecule has 2 unspecified atom stereocenters. The van der Waals surface area contributed by atoms with Crippen molar-refractivity contribution in [1.82, 2.24) is 0 Å². The lowest BCUT2D eigenvalue weighted by Gasteiger charge is -2.02. The smallest absolute Gasteiger partial charge is 0.109 e. The highest BCUT2D eigenvalue weighted by molar-refractivity contribution is 5.83. The van der Waals surface area contributed by atoms with Gasteiger partial charge in [-0.3, -0.25) is 0 Å². The van der Waals surface area contributed by atoms with Crippen LogP contribution in [-0.2, 0) is 4.74 Å². The quantitative estimate of drug-likeness (QED) is 0.638. The second-order valence-corrected chi connectivity index (χ2v) is 4.37. The molecule has 0 N–H and O–H groups in total. The van der Waals surface area contributed by atoms with Gasteiger partial charge >= 0.3 is 0 Å². The van der Waals surface area contributed by atoms with Crippen molar-refractivity contribution in [2.45, 2.75) is 26.1 Å². The van der Waals surface area contributed by atoms with E-state index in [-0.39, 0.29) is 0 Å². The lowest BCUT2D eigenvalue weighted by atomic mass is 10.0. The van der Waals surface area contributed by atoms with E-state index in [4.69, 9.17) is 4.74 Å². The average Bonchev–Trinajstić information content (AvgIpc) is 2.95. The Hall–Kier alpha value is -1.34. The van der Waals surface area contributed by atoms with Crippen LogP contribution in [0.15, 0.2) is 36.4 Å². The second-order valence-electron chi connectivity index (χ2n) is 4.37. The summed E-state index contributed by atoms with van der Waals surface area (Å²) >= 11 is 0. The Kier molecular flexibility index (Phi) is 1.83. The van der Waals surface area contributed by atoms with E-state index in [0.29, 0.717) is 12.2 Å². The molecule has 15 heavy (non-hydrogen) atoms. The summed E-state index contributed by atoms with van der Waals surface area (Å²) in [7, 11) is 0. The normalized spacial score (nSPS) is 24.4. The van der Waals surface area contributed by atoms with Gasteiger partial charge < -0.3 is 4.74 Å². The zero-order valence-corrected chi connectivity index (χ0v) is 9.03. The minimum Gasteiger partial charge on any atom is -0.365 e. The van der Waals surface area contributed by atoms with E-state index in [2.05, 4.69) is 50.2 Å². The van der Waals surface area contributed by atoms with Gasteiger partial charge in [0.1, 0.15) is 6.10 Å². The summed E-state index contributed by atoms with van der Waals surface area (Å²) in [4.78, 5) is 0. The van der Waals surface area contributed by atoms with Crippen LogP contribution in [0.25, 0.3) is 10.8 Å². The third kappa shape index (κ3) is 1.53. The van der Waals surface area contributed by atoms with Crippen LogP contribution < -0.4 is 0 Å². The molecule has 0 amide bonds. The Morgan fingerprint density at radius 3 is 2.40 bits per heavy atom. The first kappa shape index (κ1) is 8.93. The molecule has 2 aromatic rings. The second kappa shape index (κ2) is 3.07. The molecule has 2 atom stereocenters. The van der Waals surface area contributed by atoms with Crippen LogP contribution in [-0.4, -0.2) is 6.10 Å². The zero-order chi connectivity index (χ0) is 10.4. The van der Waals surface area contributed by atoms with E-state index in [1.54, 1.807) is 0 Å². The van der Waals surface area contributed by atoms with E-state index >= 15 is 0 Å². The Morgan fingerprint density at radius 2 is 1.67 bits per heavy atom. The number of epoxide rings is 1. The summed E-state index contributed by atoms with van der Waals surface area (Å²) < 4.78 is 5.48. The van der Waals surface area contributed by atoms with E-state index in [1.807, 2.05) is 0 Å². The minimum absolute atomic E-state index is 0.329. The first-order valence-corrected chi connectivity index (χ1v) is 5.40. The summed E-state index contributed by atoms with van der Waals surface area (Å²) in [6, 6.07) is 13.2. The molecule has 1 nitrogen and oxygen atoms in total. The number of ether oxygens (including phenoxy) is 1. The van der Waals surface area contributed by atoms with Gasteiger partial charge in [0.25, 0.3) is 0 Å². The maximum absolute atomic E-state index is 5.48. The lowest BCUT2D eigenvalue weighted by molar-refractivity contribution is 0.383. The van der Waals surface area contributed by atoms with Gasteiger partial charge in [-0.2, -0.15) is 0 Å². The summed E-state index contributed by atoms with van der Waals surface area (Å²) in [5.74, 6) is 0. The predicted molar refractivity (Wildman–Crippen MR) is 62.0 cm³/mol. The number of hydrogen-bond acceptors (Lipinski definition) is 1. The summed E-state index contributed by atoms with van der Waals surface area (Å²) in [5.41, 5.74) is 2.62. The molecule has 0 spiro atoms. The van der Waals surface area contributed by atoms with Crippen molar-refractivity contribution < 1.29 is 4.74 Å². The molecular weight excluding hydrogens is 184 g/mol. The Labute approximate surface area is 89.7 Å². The van der Waals surface area contributed by atoms with Crippen LogP contribution >= 0.6 is 0 Å². The van der Waals surface area contributed by atoms with Crippen LogP contribution in [0.1, 0.15) is 24.2 Å². The highest BCUT2D eigenvalue weighted by Crippen LogP contribution is 2.39. The van der Waals surface area contributed by atoms with Crippen molar-refractivity contribution in [1.29, 1.82) is 0 Å². The highest BCUT2D eigenvalue weighted by atomic mass is 16.6. The number of benzene rings is 2. The maximum atomic E-state index is 5.48. The monoisotopic (exact) mass is 198 g/mol. The van der Waals surface area contributed by atoms with Crippen LogP contribution in [0.4, 0.5) is 0 Å². The topological polar surface area (TPSA) is 12.5 Å². The molecule has 1 saturated heterocycles. The molecule has 0 aliphatic carbocycles. The van der Waals surface area contributed by atoms with E-state index < -0.39 is 0 Å². The van der Waals surface area contributed by atoms with Crippen LogP contribution in [0.5, 0.6) is 0 Å². The van der Waals surface area contributed by atoms with Crippen LogP contribution in [0.3, 0.4) is 0 Å². The molecule has 2 aromatic carbocycles. The Bertz CT molecular complexity index is 516. The van der Waals surface area contributed by atoms with E-state index in [0.717, 1.165) is 0 Å². The van der Waals surface area contributed by atoms with Crippen molar-refractivity contribution in [3.8, 4) is 0 Å².